The summed E-state index contributed by atoms with van der Waals surface area (Å²) in [5.74, 6) is -2.40. The van der Waals surface area contributed by atoms with E-state index < -0.39 is 52.4 Å². The second-order valence-corrected chi connectivity index (χ2v) is 12.1. The van der Waals surface area contributed by atoms with Gasteiger partial charge in [-0.05, 0) is 25.1 Å². The molecule has 1 aromatic heterocycles. The monoisotopic (exact) mass is 623 g/mol. The number of ketones is 1. The summed E-state index contributed by atoms with van der Waals surface area (Å²) in [6.07, 6.45) is -0.382. The van der Waals surface area contributed by atoms with Gasteiger partial charge in [0.2, 0.25) is 11.8 Å². The number of rotatable bonds is 8. The number of hydrogen-bond donors (Lipinski definition) is 2. The average molecular weight is 624 g/mol. The van der Waals surface area contributed by atoms with Crippen LogP contribution in [0.15, 0.2) is 47.5 Å². The van der Waals surface area contributed by atoms with Crippen LogP contribution >= 0.6 is 11.6 Å². The Kier molecular flexibility index (Phi) is 8.87. The van der Waals surface area contributed by atoms with Gasteiger partial charge < -0.3 is 19.7 Å². The highest BCUT2D eigenvalue weighted by atomic mass is 35.5. The molecule has 2 atom stereocenters. The number of halogens is 3. The summed E-state index contributed by atoms with van der Waals surface area (Å²) >= 11 is 5.78. The number of aromatic nitrogens is 1. The van der Waals surface area contributed by atoms with Crippen LogP contribution in [0, 0.1) is 5.82 Å². The maximum Gasteiger partial charge on any atom is 0.330 e. The molecule has 2 heterocycles. The number of carbonyl (C=O) groups excluding carboxylic acids is 4. The minimum Gasteiger partial charge on any atom is -0.350 e. The Morgan fingerprint density at radius 3 is 2.52 bits per heavy atom. The first-order chi connectivity index (χ1) is 19.7. The number of nitrogens with one attached hydrogen (secondary N) is 2. The van der Waals surface area contributed by atoms with E-state index in [1.54, 1.807) is 0 Å². The summed E-state index contributed by atoms with van der Waals surface area (Å²) < 4.78 is 57.6. The number of benzene rings is 2. The van der Waals surface area contributed by atoms with Gasteiger partial charge in [-0.3, -0.25) is 14.4 Å². The van der Waals surface area contributed by atoms with Gasteiger partial charge in [-0.1, -0.05) is 29.8 Å². The Balaban J connectivity index is 1.59. The highest BCUT2D eigenvalue weighted by Crippen LogP contribution is 2.27. The predicted molar refractivity (Wildman–Crippen MR) is 150 cm³/mol. The van der Waals surface area contributed by atoms with Gasteiger partial charge >= 0.3 is 6.03 Å². The van der Waals surface area contributed by atoms with Crippen LogP contribution in [0.4, 0.5) is 13.6 Å². The lowest BCUT2D eigenvalue weighted by Crippen LogP contribution is -2.46. The molecule has 11 nitrogen and oxygen atoms in total. The third-order valence-electron chi connectivity index (χ3n) is 6.83. The van der Waals surface area contributed by atoms with Crippen molar-refractivity contribution in [3.8, 4) is 0 Å². The van der Waals surface area contributed by atoms with Crippen molar-refractivity contribution in [3.63, 3.8) is 0 Å². The van der Waals surface area contributed by atoms with Crippen molar-refractivity contribution in [2.24, 2.45) is 0 Å². The first-order valence-electron chi connectivity index (χ1n) is 12.7. The molecule has 4 rings (SSSR count). The van der Waals surface area contributed by atoms with E-state index in [1.165, 1.54) is 68.2 Å². The molecule has 0 unspecified atom stereocenters. The van der Waals surface area contributed by atoms with Crippen molar-refractivity contribution in [2.45, 2.75) is 43.5 Å². The molecule has 15 heteroatoms. The molecule has 2 aromatic carbocycles. The highest BCUT2D eigenvalue weighted by Gasteiger charge is 2.40. The van der Waals surface area contributed by atoms with Crippen LogP contribution in [0.2, 0.25) is 5.02 Å². The molecular formula is C27H28ClF2N5O6S. The number of alkyl halides is 1. The summed E-state index contributed by atoms with van der Waals surface area (Å²) in [5, 5.41) is 2.76. The molecule has 3 aromatic rings. The normalized spacial score (nSPS) is 16.9. The average Bonchev–Trinajstić information content (AvgIpc) is 3.49. The van der Waals surface area contributed by atoms with Crippen LogP contribution in [0.1, 0.15) is 29.3 Å². The molecule has 0 bridgehead atoms. The SMILES string of the molecule is CC(=O)c1cn(CC(=O)N2C[C@H](F)C[C@H]2C(=O)NCc2cccc(Cl)c2F)c2cc(S(=O)(=O)NC(=O)N(C)C)ccc12. The molecule has 4 amide bonds. The van der Waals surface area contributed by atoms with Crippen molar-refractivity contribution in [1.29, 1.82) is 0 Å². The maximum absolute atomic E-state index is 14.5. The summed E-state index contributed by atoms with van der Waals surface area (Å²) in [7, 11) is -1.57. The third-order valence-corrected chi connectivity index (χ3v) is 8.44. The number of carbonyl (C=O) groups is 4. The van der Waals surface area contributed by atoms with Crippen LogP contribution in [0.25, 0.3) is 10.9 Å². The second kappa shape index (κ2) is 12.1. The molecule has 0 radical (unpaired) electrons. The first-order valence-corrected chi connectivity index (χ1v) is 14.6. The molecule has 0 saturated carbocycles. The Bertz CT molecular complexity index is 1690. The maximum atomic E-state index is 14.5. The number of sulfonamides is 1. The molecule has 224 valence electrons. The van der Waals surface area contributed by atoms with Crippen molar-refractivity contribution >= 4 is 56.2 Å². The molecule has 1 saturated heterocycles. The molecule has 1 aliphatic heterocycles. The molecular weight excluding hydrogens is 596 g/mol. The number of fused-ring (bicyclic) bond motifs is 1. The molecule has 0 aliphatic carbocycles. The van der Waals surface area contributed by atoms with Gasteiger partial charge in [-0.25, -0.2) is 26.7 Å². The van der Waals surface area contributed by atoms with E-state index in [0.29, 0.717) is 5.39 Å². The number of nitrogens with zero attached hydrogens (tertiary/aromatic N) is 3. The second-order valence-electron chi connectivity index (χ2n) is 10.0. The highest BCUT2D eigenvalue weighted by molar-refractivity contribution is 7.90. The zero-order valence-electron chi connectivity index (χ0n) is 22.9. The van der Waals surface area contributed by atoms with Crippen molar-refractivity contribution in [2.75, 3.05) is 20.6 Å². The Morgan fingerprint density at radius 1 is 1.14 bits per heavy atom. The van der Waals surface area contributed by atoms with E-state index in [2.05, 4.69) is 5.32 Å². The van der Waals surface area contributed by atoms with E-state index in [1.807, 2.05) is 4.72 Å². The van der Waals surface area contributed by atoms with Gasteiger partial charge in [0, 0.05) is 49.8 Å². The van der Waals surface area contributed by atoms with E-state index >= 15 is 0 Å². The number of urea groups is 1. The smallest absolute Gasteiger partial charge is 0.330 e. The van der Waals surface area contributed by atoms with E-state index in [9.17, 15) is 36.4 Å². The fraction of sp³-hybridized carbons (Fsp3) is 0.333. The minimum atomic E-state index is -4.30. The van der Waals surface area contributed by atoms with Crippen LogP contribution in [-0.4, -0.2) is 79.3 Å². The number of Topliss-reactive ketones (excluding diaryl/α,β-unsaturated/α-hetero) is 1. The first kappa shape index (κ1) is 30.9. The lowest BCUT2D eigenvalue weighted by atomic mass is 10.1. The van der Waals surface area contributed by atoms with Gasteiger partial charge in [-0.15, -0.1) is 0 Å². The molecule has 42 heavy (non-hydrogen) atoms. The fourth-order valence-electron chi connectivity index (χ4n) is 4.65. The van der Waals surface area contributed by atoms with Crippen LogP contribution < -0.4 is 10.0 Å². The third kappa shape index (κ3) is 6.39. The van der Waals surface area contributed by atoms with Crippen molar-refractivity contribution in [1.82, 2.24) is 24.4 Å². The van der Waals surface area contributed by atoms with Crippen molar-refractivity contribution in [3.05, 3.63) is 64.6 Å². The van der Waals surface area contributed by atoms with Crippen molar-refractivity contribution < 1.29 is 36.4 Å². The Morgan fingerprint density at radius 2 is 1.86 bits per heavy atom. The fourth-order valence-corrected chi connectivity index (χ4v) is 5.88. The number of amides is 4. The van der Waals surface area contributed by atoms with Crippen LogP contribution in [0.3, 0.4) is 0 Å². The number of hydrogen-bond acceptors (Lipinski definition) is 6. The Labute approximate surface area is 245 Å². The van der Waals surface area contributed by atoms with Gasteiger partial charge in [0.25, 0.3) is 10.0 Å². The molecule has 1 fully saturated rings. The van der Waals surface area contributed by atoms with Gasteiger partial charge in [0.05, 0.1) is 22.0 Å². The zero-order chi connectivity index (χ0) is 30.9. The lowest BCUT2D eigenvalue weighted by Gasteiger charge is -2.24. The topological polar surface area (TPSA) is 138 Å². The van der Waals surface area contributed by atoms with E-state index in [-0.39, 0.29) is 51.9 Å². The lowest BCUT2D eigenvalue weighted by molar-refractivity contribution is -0.139. The number of likely N-dealkylation sites (tertiary alicyclic amines) is 1. The molecule has 0 spiro atoms. The summed E-state index contributed by atoms with van der Waals surface area (Å²) in [5.41, 5.74) is 0.524. The molecule has 1 aliphatic rings. The Hall–Kier alpha value is -4.04. The molecule has 2 N–H and O–H groups in total. The van der Waals surface area contributed by atoms with E-state index in [4.69, 9.17) is 11.6 Å². The predicted octanol–water partition coefficient (Wildman–Crippen LogP) is 2.85. The van der Waals surface area contributed by atoms with Gasteiger partial charge in [0.1, 0.15) is 24.6 Å². The van der Waals surface area contributed by atoms with Crippen LogP contribution in [0.5, 0.6) is 0 Å². The summed E-state index contributed by atoms with van der Waals surface area (Å²) in [6.45, 7) is 0.265. The van der Waals surface area contributed by atoms with E-state index in [0.717, 1.165) is 9.80 Å². The summed E-state index contributed by atoms with van der Waals surface area (Å²) in [6, 6.07) is 6.08. The zero-order valence-corrected chi connectivity index (χ0v) is 24.4. The standard InChI is InChI=1S/C27H28ClF2N5O6S/c1-15(36)20-13-34(22-10-18(7-8-19(20)22)42(40,41)32-27(39)33(2)3)14-24(37)35-12-17(29)9-23(35)26(38)31-11-16-5-4-6-21(28)25(16)30/h4-8,10,13,17,23H,9,11-12,14H2,1-3H3,(H,31,38)(H,32,39)/t17-,23+/m1/s1. The summed E-state index contributed by atoms with van der Waals surface area (Å²) in [4.78, 5) is 52.4. The quantitative estimate of drug-likeness (QED) is 0.370. The van der Waals surface area contributed by atoms with Crippen LogP contribution in [-0.2, 0) is 32.7 Å². The van der Waals surface area contributed by atoms with Gasteiger partial charge in [0.15, 0.2) is 5.78 Å². The minimum absolute atomic E-state index is 0.117. The van der Waals surface area contributed by atoms with Gasteiger partial charge in [-0.2, -0.15) is 0 Å². The largest absolute Gasteiger partial charge is 0.350 e.